The van der Waals surface area contributed by atoms with Crippen molar-refractivity contribution in [1.82, 2.24) is 5.32 Å². The van der Waals surface area contributed by atoms with Crippen molar-refractivity contribution in [3.63, 3.8) is 0 Å². The first-order valence-electron chi connectivity index (χ1n) is 8.45. The summed E-state index contributed by atoms with van der Waals surface area (Å²) >= 11 is 5.36. The molecule has 7 heteroatoms. The Kier molecular flexibility index (Phi) is 6.01. The lowest BCUT2D eigenvalue weighted by molar-refractivity contribution is 0.171. The number of methoxy groups -OCH3 is 1. The number of rotatable bonds is 6. The zero-order valence-corrected chi connectivity index (χ0v) is 15.8. The number of nitrogens with one attached hydrogen (secondary N) is 2. The predicted molar refractivity (Wildman–Crippen MR) is 108 cm³/mol. The molecule has 0 saturated carbocycles. The summed E-state index contributed by atoms with van der Waals surface area (Å²) in [7, 11) is 3.71. The second-order valence-corrected chi connectivity index (χ2v) is 6.27. The molecule has 0 aromatic heterocycles. The highest BCUT2D eigenvalue weighted by atomic mass is 32.1. The zero-order chi connectivity index (χ0) is 18.4. The van der Waals surface area contributed by atoms with Crippen LogP contribution in [-0.4, -0.2) is 45.6 Å². The Labute approximate surface area is 159 Å². The van der Waals surface area contributed by atoms with Gasteiger partial charge in [0, 0.05) is 37.6 Å². The summed E-state index contributed by atoms with van der Waals surface area (Å²) in [5, 5.41) is 6.96. The lowest BCUT2D eigenvalue weighted by atomic mass is 10.2. The third-order valence-corrected chi connectivity index (χ3v) is 4.29. The van der Waals surface area contributed by atoms with E-state index < -0.39 is 0 Å². The van der Waals surface area contributed by atoms with E-state index in [1.807, 2.05) is 49.5 Å². The summed E-state index contributed by atoms with van der Waals surface area (Å²) in [5.74, 6) is 2.36. The average molecular weight is 373 g/mol. The Morgan fingerprint density at radius 3 is 2.58 bits per heavy atom. The van der Waals surface area contributed by atoms with Gasteiger partial charge >= 0.3 is 0 Å². The Bertz CT molecular complexity index is 752. The fraction of sp³-hybridized carbons (Fsp3) is 0.316. The smallest absolute Gasteiger partial charge is 0.170 e. The van der Waals surface area contributed by atoms with Crippen molar-refractivity contribution >= 4 is 28.7 Å². The first-order chi connectivity index (χ1) is 12.7. The van der Waals surface area contributed by atoms with E-state index in [-0.39, 0.29) is 0 Å². The van der Waals surface area contributed by atoms with Crippen molar-refractivity contribution in [2.45, 2.75) is 0 Å². The Morgan fingerprint density at radius 2 is 1.85 bits per heavy atom. The monoisotopic (exact) mass is 373 g/mol. The Balaban J connectivity index is 1.45. The van der Waals surface area contributed by atoms with Crippen LogP contribution < -0.4 is 29.7 Å². The SMILES string of the molecule is COc1ccc(N(C)CCNC(=S)Nc2ccc3c(c2)OCCO3)cc1. The first kappa shape index (κ1) is 18.1. The van der Waals surface area contributed by atoms with Crippen LogP contribution >= 0.6 is 12.2 Å². The molecule has 26 heavy (non-hydrogen) atoms. The molecule has 2 aromatic carbocycles. The van der Waals surface area contributed by atoms with Gasteiger partial charge in [0.05, 0.1) is 7.11 Å². The van der Waals surface area contributed by atoms with Crippen molar-refractivity contribution in [2.24, 2.45) is 0 Å². The molecular formula is C19H23N3O3S. The van der Waals surface area contributed by atoms with Gasteiger partial charge in [-0.3, -0.25) is 0 Å². The highest BCUT2D eigenvalue weighted by Gasteiger charge is 2.12. The molecule has 0 radical (unpaired) electrons. The molecule has 1 heterocycles. The molecule has 0 amide bonds. The fourth-order valence-corrected chi connectivity index (χ4v) is 2.82. The molecule has 0 saturated heterocycles. The summed E-state index contributed by atoms with van der Waals surface area (Å²) in [4.78, 5) is 2.15. The Morgan fingerprint density at radius 1 is 1.12 bits per heavy atom. The lowest BCUT2D eigenvalue weighted by Gasteiger charge is -2.21. The Hall–Kier alpha value is -2.67. The molecule has 0 spiro atoms. The van der Waals surface area contributed by atoms with E-state index in [1.165, 1.54) is 0 Å². The highest BCUT2D eigenvalue weighted by molar-refractivity contribution is 7.80. The molecule has 0 aliphatic carbocycles. The van der Waals surface area contributed by atoms with Crippen molar-refractivity contribution in [2.75, 3.05) is 50.7 Å². The van der Waals surface area contributed by atoms with Gasteiger partial charge in [0.1, 0.15) is 19.0 Å². The van der Waals surface area contributed by atoms with Crippen molar-refractivity contribution < 1.29 is 14.2 Å². The molecule has 2 N–H and O–H groups in total. The maximum atomic E-state index is 5.58. The molecule has 1 aliphatic rings. The number of thiocarbonyl (C=S) groups is 1. The van der Waals surface area contributed by atoms with Crippen LogP contribution in [0.3, 0.4) is 0 Å². The molecular weight excluding hydrogens is 350 g/mol. The number of ether oxygens (including phenoxy) is 3. The normalized spacial score (nSPS) is 12.2. The van der Waals surface area contributed by atoms with E-state index in [1.54, 1.807) is 7.11 Å². The maximum absolute atomic E-state index is 5.58. The third-order valence-electron chi connectivity index (χ3n) is 4.05. The molecule has 3 rings (SSSR count). The average Bonchev–Trinajstić information content (AvgIpc) is 2.68. The van der Waals surface area contributed by atoms with Gasteiger partial charge in [-0.15, -0.1) is 0 Å². The number of fused-ring (bicyclic) bond motifs is 1. The van der Waals surface area contributed by atoms with Gasteiger partial charge in [0.2, 0.25) is 0 Å². The highest BCUT2D eigenvalue weighted by Crippen LogP contribution is 2.32. The lowest BCUT2D eigenvalue weighted by Crippen LogP contribution is -2.35. The predicted octanol–water partition coefficient (Wildman–Crippen LogP) is 2.89. The van der Waals surface area contributed by atoms with Gasteiger partial charge in [0.15, 0.2) is 16.6 Å². The van der Waals surface area contributed by atoms with E-state index in [0.717, 1.165) is 41.7 Å². The minimum Gasteiger partial charge on any atom is -0.497 e. The van der Waals surface area contributed by atoms with Gasteiger partial charge in [-0.2, -0.15) is 0 Å². The number of nitrogens with zero attached hydrogens (tertiary/aromatic N) is 1. The molecule has 6 nitrogen and oxygen atoms in total. The van der Waals surface area contributed by atoms with Crippen LogP contribution in [0.5, 0.6) is 17.2 Å². The minimum atomic E-state index is 0.566. The second-order valence-electron chi connectivity index (χ2n) is 5.86. The zero-order valence-electron chi connectivity index (χ0n) is 15.0. The number of benzene rings is 2. The van der Waals surface area contributed by atoms with Crippen LogP contribution in [0.4, 0.5) is 11.4 Å². The number of anilines is 2. The van der Waals surface area contributed by atoms with Crippen LogP contribution in [0.15, 0.2) is 42.5 Å². The van der Waals surface area contributed by atoms with Crippen LogP contribution in [-0.2, 0) is 0 Å². The number of hydrogen-bond donors (Lipinski definition) is 2. The van der Waals surface area contributed by atoms with Gasteiger partial charge < -0.3 is 29.7 Å². The van der Waals surface area contributed by atoms with E-state index >= 15 is 0 Å². The topological polar surface area (TPSA) is 55.0 Å². The molecule has 2 aromatic rings. The minimum absolute atomic E-state index is 0.566. The summed E-state index contributed by atoms with van der Waals surface area (Å²) in [6, 6.07) is 13.7. The first-order valence-corrected chi connectivity index (χ1v) is 8.86. The van der Waals surface area contributed by atoms with Gasteiger partial charge in [0.25, 0.3) is 0 Å². The summed E-state index contributed by atoms with van der Waals surface area (Å²) in [6.45, 7) is 2.69. The van der Waals surface area contributed by atoms with Crippen molar-refractivity contribution in [3.8, 4) is 17.2 Å². The quantitative estimate of drug-likeness (QED) is 0.755. The summed E-state index contributed by atoms with van der Waals surface area (Å²) in [5.41, 5.74) is 1.99. The molecule has 0 fully saturated rings. The van der Waals surface area contributed by atoms with Gasteiger partial charge in [-0.1, -0.05) is 0 Å². The maximum Gasteiger partial charge on any atom is 0.170 e. The fourth-order valence-electron chi connectivity index (χ4n) is 2.60. The van der Waals surface area contributed by atoms with E-state index in [2.05, 4.69) is 15.5 Å². The van der Waals surface area contributed by atoms with E-state index in [9.17, 15) is 0 Å². The van der Waals surface area contributed by atoms with Crippen molar-refractivity contribution in [1.29, 1.82) is 0 Å². The molecule has 0 unspecified atom stereocenters. The molecule has 0 bridgehead atoms. The summed E-state index contributed by atoms with van der Waals surface area (Å²) < 4.78 is 16.3. The summed E-state index contributed by atoms with van der Waals surface area (Å²) in [6.07, 6.45) is 0. The standard InChI is InChI=1S/C19H23N3O3S/c1-22(15-4-6-16(23-2)7-5-15)10-9-20-19(26)21-14-3-8-17-18(13-14)25-12-11-24-17/h3-8,13H,9-12H2,1-2H3,(H2,20,21,26). The van der Waals surface area contributed by atoms with Crippen molar-refractivity contribution in [3.05, 3.63) is 42.5 Å². The van der Waals surface area contributed by atoms with Gasteiger partial charge in [-0.05, 0) is 48.6 Å². The largest absolute Gasteiger partial charge is 0.497 e. The third kappa shape index (κ3) is 4.70. The number of hydrogen-bond acceptors (Lipinski definition) is 5. The van der Waals surface area contributed by atoms with E-state index in [4.69, 9.17) is 26.4 Å². The van der Waals surface area contributed by atoms with Crippen LogP contribution in [0.25, 0.3) is 0 Å². The van der Waals surface area contributed by atoms with Gasteiger partial charge in [-0.25, -0.2) is 0 Å². The van der Waals surface area contributed by atoms with Crippen LogP contribution in [0.2, 0.25) is 0 Å². The molecule has 0 atom stereocenters. The van der Waals surface area contributed by atoms with E-state index in [0.29, 0.717) is 18.3 Å². The van der Waals surface area contributed by atoms with Crippen LogP contribution in [0, 0.1) is 0 Å². The number of likely N-dealkylation sites (N-methyl/N-ethyl adjacent to an activating group) is 1. The molecule has 138 valence electrons. The molecule has 1 aliphatic heterocycles. The van der Waals surface area contributed by atoms with Crippen LogP contribution in [0.1, 0.15) is 0 Å². The second kappa shape index (κ2) is 8.62.